The summed E-state index contributed by atoms with van der Waals surface area (Å²) in [4.78, 5) is 10.6. The van der Waals surface area contributed by atoms with E-state index >= 15 is 0 Å². The fraction of sp³-hybridized carbons (Fsp3) is 0.235. The summed E-state index contributed by atoms with van der Waals surface area (Å²) in [5.74, 6) is 0.176. The molecule has 0 heterocycles. The van der Waals surface area contributed by atoms with Crippen molar-refractivity contribution in [2.24, 2.45) is 5.73 Å². The zero-order valence-corrected chi connectivity index (χ0v) is 12.1. The molecule has 0 fully saturated rings. The molecule has 0 aromatic heterocycles. The molecule has 0 aliphatic rings. The van der Waals surface area contributed by atoms with E-state index in [0.717, 1.165) is 18.7 Å². The van der Waals surface area contributed by atoms with E-state index in [-0.39, 0.29) is 6.61 Å². The number of hydrogen-bond acceptors (Lipinski definition) is 3. The molecule has 2 aromatic rings. The van der Waals surface area contributed by atoms with E-state index < -0.39 is 5.91 Å². The standard InChI is InChI=1S/C17H20N2O2/c1-13-4-2-3-5-15(13)11-19-10-14-6-8-16(9-7-14)21-12-17(18)20/h2-9,19H,10-12H2,1H3,(H2,18,20). The molecule has 110 valence electrons. The molecule has 0 saturated heterocycles. The molecule has 4 heteroatoms. The normalized spacial score (nSPS) is 10.3. The molecule has 0 unspecified atom stereocenters. The molecule has 1 amide bonds. The summed E-state index contributed by atoms with van der Waals surface area (Å²) in [6.07, 6.45) is 0. The second-order valence-electron chi connectivity index (χ2n) is 4.93. The van der Waals surface area contributed by atoms with Gasteiger partial charge in [-0.2, -0.15) is 0 Å². The Morgan fingerprint density at radius 1 is 1.10 bits per heavy atom. The maximum absolute atomic E-state index is 10.6. The number of amides is 1. The van der Waals surface area contributed by atoms with Gasteiger partial charge in [0, 0.05) is 13.1 Å². The van der Waals surface area contributed by atoms with Crippen LogP contribution >= 0.6 is 0 Å². The first-order valence-electron chi connectivity index (χ1n) is 6.90. The molecule has 0 saturated carbocycles. The van der Waals surface area contributed by atoms with Gasteiger partial charge in [0.25, 0.3) is 5.91 Å². The monoisotopic (exact) mass is 284 g/mol. The van der Waals surface area contributed by atoms with Gasteiger partial charge in [0.15, 0.2) is 6.61 Å². The Morgan fingerprint density at radius 3 is 2.48 bits per heavy atom. The van der Waals surface area contributed by atoms with Crippen LogP contribution in [0.3, 0.4) is 0 Å². The summed E-state index contributed by atoms with van der Waals surface area (Å²) in [6.45, 7) is 3.64. The number of primary amides is 1. The number of nitrogens with two attached hydrogens (primary N) is 1. The Hall–Kier alpha value is -2.33. The van der Waals surface area contributed by atoms with Gasteiger partial charge < -0.3 is 15.8 Å². The lowest BCUT2D eigenvalue weighted by molar-refractivity contribution is -0.119. The first-order valence-corrected chi connectivity index (χ1v) is 6.90. The average molecular weight is 284 g/mol. The zero-order chi connectivity index (χ0) is 15.1. The van der Waals surface area contributed by atoms with E-state index in [9.17, 15) is 4.79 Å². The summed E-state index contributed by atoms with van der Waals surface area (Å²) in [7, 11) is 0. The Labute approximate surface area is 124 Å². The Balaban J connectivity index is 1.81. The Kier molecular flexibility index (Phi) is 5.35. The van der Waals surface area contributed by atoms with Gasteiger partial charge in [-0.05, 0) is 35.7 Å². The van der Waals surface area contributed by atoms with Gasteiger partial charge >= 0.3 is 0 Å². The minimum absolute atomic E-state index is 0.0924. The number of aryl methyl sites for hydroxylation is 1. The minimum Gasteiger partial charge on any atom is -0.484 e. The van der Waals surface area contributed by atoms with Gasteiger partial charge in [-0.1, -0.05) is 36.4 Å². The highest BCUT2D eigenvalue weighted by Gasteiger charge is 1.99. The van der Waals surface area contributed by atoms with Crippen molar-refractivity contribution < 1.29 is 9.53 Å². The summed E-state index contributed by atoms with van der Waals surface area (Å²) in [5.41, 5.74) is 8.79. The summed E-state index contributed by atoms with van der Waals surface area (Å²) < 4.78 is 5.22. The van der Waals surface area contributed by atoms with Gasteiger partial charge in [-0.25, -0.2) is 0 Å². The molecule has 4 nitrogen and oxygen atoms in total. The molecule has 0 aliphatic heterocycles. The Morgan fingerprint density at radius 2 is 1.81 bits per heavy atom. The van der Waals surface area contributed by atoms with Crippen molar-refractivity contribution >= 4 is 5.91 Å². The molecule has 0 bridgehead atoms. The lowest BCUT2D eigenvalue weighted by Gasteiger charge is -2.08. The maximum Gasteiger partial charge on any atom is 0.255 e. The number of rotatable bonds is 7. The van der Waals surface area contributed by atoms with Crippen LogP contribution < -0.4 is 15.8 Å². The minimum atomic E-state index is -0.473. The molecule has 21 heavy (non-hydrogen) atoms. The first kappa shape index (κ1) is 15.1. The van der Waals surface area contributed by atoms with Crippen molar-refractivity contribution in [1.82, 2.24) is 5.32 Å². The van der Waals surface area contributed by atoms with Crippen LogP contribution in [-0.4, -0.2) is 12.5 Å². The molecular formula is C17H20N2O2. The largest absolute Gasteiger partial charge is 0.484 e. The average Bonchev–Trinajstić information content (AvgIpc) is 2.48. The third-order valence-electron chi connectivity index (χ3n) is 3.21. The quantitative estimate of drug-likeness (QED) is 0.819. The number of carbonyl (C=O) groups is 1. The zero-order valence-electron chi connectivity index (χ0n) is 12.1. The number of carbonyl (C=O) groups excluding carboxylic acids is 1. The van der Waals surface area contributed by atoms with Crippen molar-refractivity contribution in [2.45, 2.75) is 20.0 Å². The smallest absolute Gasteiger partial charge is 0.255 e. The molecule has 2 rings (SSSR count). The SMILES string of the molecule is Cc1ccccc1CNCc1ccc(OCC(N)=O)cc1. The fourth-order valence-electron chi connectivity index (χ4n) is 2.01. The van der Waals surface area contributed by atoms with E-state index in [0.29, 0.717) is 5.75 Å². The third-order valence-corrected chi connectivity index (χ3v) is 3.21. The van der Waals surface area contributed by atoms with Crippen molar-refractivity contribution in [1.29, 1.82) is 0 Å². The number of ether oxygens (including phenoxy) is 1. The van der Waals surface area contributed by atoms with Gasteiger partial charge in [-0.15, -0.1) is 0 Å². The number of hydrogen-bond donors (Lipinski definition) is 2. The maximum atomic E-state index is 10.6. The van der Waals surface area contributed by atoms with E-state index in [1.807, 2.05) is 30.3 Å². The van der Waals surface area contributed by atoms with Crippen molar-refractivity contribution in [3.63, 3.8) is 0 Å². The van der Waals surface area contributed by atoms with E-state index in [4.69, 9.17) is 10.5 Å². The van der Waals surface area contributed by atoms with E-state index in [2.05, 4.69) is 30.4 Å². The summed E-state index contributed by atoms with van der Waals surface area (Å²) >= 11 is 0. The molecular weight excluding hydrogens is 264 g/mol. The molecule has 0 aliphatic carbocycles. The third kappa shape index (κ3) is 4.93. The second kappa shape index (κ2) is 7.45. The predicted molar refractivity (Wildman–Crippen MR) is 82.9 cm³/mol. The fourth-order valence-corrected chi connectivity index (χ4v) is 2.01. The van der Waals surface area contributed by atoms with Crippen LogP contribution in [0.4, 0.5) is 0 Å². The van der Waals surface area contributed by atoms with Crippen LogP contribution in [0, 0.1) is 6.92 Å². The van der Waals surface area contributed by atoms with Gasteiger partial charge in [0.05, 0.1) is 0 Å². The molecule has 0 atom stereocenters. The van der Waals surface area contributed by atoms with Gasteiger partial charge in [0.1, 0.15) is 5.75 Å². The summed E-state index contributed by atoms with van der Waals surface area (Å²) in [6, 6.07) is 16.0. The highest BCUT2D eigenvalue weighted by molar-refractivity contribution is 5.75. The number of nitrogens with one attached hydrogen (secondary N) is 1. The predicted octanol–water partition coefficient (Wildman–Crippen LogP) is 2.15. The molecule has 2 aromatic carbocycles. The lowest BCUT2D eigenvalue weighted by atomic mass is 10.1. The van der Waals surface area contributed by atoms with E-state index in [1.165, 1.54) is 11.1 Å². The van der Waals surface area contributed by atoms with Crippen LogP contribution in [0.15, 0.2) is 48.5 Å². The van der Waals surface area contributed by atoms with Crippen molar-refractivity contribution in [2.75, 3.05) is 6.61 Å². The van der Waals surface area contributed by atoms with Gasteiger partial charge in [0.2, 0.25) is 0 Å². The number of benzene rings is 2. The molecule has 0 spiro atoms. The second-order valence-corrected chi connectivity index (χ2v) is 4.93. The molecule has 0 radical (unpaired) electrons. The van der Waals surface area contributed by atoms with Crippen LogP contribution in [0.1, 0.15) is 16.7 Å². The highest BCUT2D eigenvalue weighted by atomic mass is 16.5. The van der Waals surface area contributed by atoms with Crippen molar-refractivity contribution in [3.05, 3.63) is 65.2 Å². The van der Waals surface area contributed by atoms with Gasteiger partial charge in [-0.3, -0.25) is 4.79 Å². The lowest BCUT2D eigenvalue weighted by Crippen LogP contribution is -2.20. The van der Waals surface area contributed by atoms with Crippen LogP contribution in [0.5, 0.6) is 5.75 Å². The van der Waals surface area contributed by atoms with Crippen LogP contribution in [0.2, 0.25) is 0 Å². The van der Waals surface area contributed by atoms with Crippen LogP contribution in [0.25, 0.3) is 0 Å². The summed E-state index contributed by atoms with van der Waals surface area (Å²) in [5, 5.41) is 3.41. The van der Waals surface area contributed by atoms with Crippen LogP contribution in [-0.2, 0) is 17.9 Å². The first-order chi connectivity index (χ1) is 10.1. The topological polar surface area (TPSA) is 64.3 Å². The Bertz CT molecular complexity index is 594. The highest BCUT2D eigenvalue weighted by Crippen LogP contribution is 2.12. The molecule has 3 N–H and O–H groups in total. The van der Waals surface area contributed by atoms with Crippen molar-refractivity contribution in [3.8, 4) is 5.75 Å². The van der Waals surface area contributed by atoms with E-state index in [1.54, 1.807) is 0 Å².